The van der Waals surface area contributed by atoms with Crippen LogP contribution in [0.2, 0.25) is 5.02 Å². The van der Waals surface area contributed by atoms with Crippen molar-refractivity contribution in [1.29, 1.82) is 0 Å². The van der Waals surface area contributed by atoms with E-state index in [0.717, 1.165) is 4.90 Å². The average Bonchev–Trinajstić information content (AvgIpc) is 2.68. The van der Waals surface area contributed by atoms with Crippen molar-refractivity contribution >= 4 is 23.2 Å². The summed E-state index contributed by atoms with van der Waals surface area (Å²) < 4.78 is 28.9. The van der Waals surface area contributed by atoms with Crippen molar-refractivity contribution in [1.82, 2.24) is 0 Å². The number of carbonyl (C=O) groups is 1. The highest BCUT2D eigenvalue weighted by molar-refractivity contribution is 6.30. The maximum atomic E-state index is 14.5. The number of benzene rings is 2. The third kappa shape index (κ3) is 2.60. The molecule has 0 saturated heterocycles. The number of aliphatic hydroxyl groups excluding tert-OH is 1. The van der Waals surface area contributed by atoms with Crippen molar-refractivity contribution < 1.29 is 18.7 Å². The molecule has 1 heterocycles. The number of fused-ring (bicyclic) bond motifs is 1. The first-order valence-corrected chi connectivity index (χ1v) is 7.46. The molecular formula is C17H14ClF2NO2. The number of halogens is 3. The first-order chi connectivity index (χ1) is 10.8. The van der Waals surface area contributed by atoms with Gasteiger partial charge in [0.25, 0.3) is 0 Å². The maximum Gasteiger partial charge on any atom is 0.352 e. The number of alkyl halides is 2. The molecule has 0 saturated carbocycles. The highest BCUT2D eigenvalue weighted by Gasteiger charge is 2.54. The maximum absolute atomic E-state index is 14.5. The van der Waals surface area contributed by atoms with E-state index in [2.05, 4.69) is 0 Å². The van der Waals surface area contributed by atoms with Gasteiger partial charge < -0.3 is 10.0 Å². The molecule has 1 aliphatic heterocycles. The van der Waals surface area contributed by atoms with Crippen LogP contribution in [0.5, 0.6) is 0 Å². The molecule has 0 aromatic heterocycles. The standard InChI is InChI=1S/C17H14ClF2NO2/c1-10(22)13-6-3-7-14-15(13)17(19,20)16(23)21(14)9-11-4-2-5-12(18)8-11/h2-8,10,22H,9H2,1H3/t10-/m0/s1. The van der Waals surface area contributed by atoms with Gasteiger partial charge in [-0.25, -0.2) is 0 Å². The van der Waals surface area contributed by atoms with E-state index in [-0.39, 0.29) is 17.8 Å². The van der Waals surface area contributed by atoms with E-state index in [1.807, 2.05) is 0 Å². The SMILES string of the molecule is C[C@H](O)c1cccc2c1C(F)(F)C(=O)N2Cc1cccc(Cl)c1. The summed E-state index contributed by atoms with van der Waals surface area (Å²) in [5, 5.41) is 10.2. The first-order valence-electron chi connectivity index (χ1n) is 7.08. The van der Waals surface area contributed by atoms with Crippen LogP contribution in [-0.2, 0) is 17.3 Å². The van der Waals surface area contributed by atoms with Gasteiger partial charge in [0, 0.05) is 5.02 Å². The number of aliphatic hydroxyl groups is 1. The van der Waals surface area contributed by atoms with E-state index < -0.39 is 23.5 Å². The van der Waals surface area contributed by atoms with Gasteiger partial charge in [-0.2, -0.15) is 8.78 Å². The Bertz CT molecular complexity index is 777. The van der Waals surface area contributed by atoms with Crippen LogP contribution in [-0.4, -0.2) is 11.0 Å². The Kier molecular flexibility index (Phi) is 3.86. The summed E-state index contributed by atoms with van der Waals surface area (Å²) in [7, 11) is 0. The van der Waals surface area contributed by atoms with Gasteiger partial charge in [-0.05, 0) is 36.2 Å². The van der Waals surface area contributed by atoms with Gasteiger partial charge >= 0.3 is 11.8 Å². The Balaban J connectivity index is 2.08. The molecule has 120 valence electrons. The molecule has 2 aromatic carbocycles. The highest BCUT2D eigenvalue weighted by Crippen LogP contribution is 2.47. The normalized spacial score (nSPS) is 17.3. The Morgan fingerprint density at radius 1 is 1.26 bits per heavy atom. The summed E-state index contributed by atoms with van der Waals surface area (Å²) >= 11 is 5.91. The Morgan fingerprint density at radius 3 is 2.61 bits per heavy atom. The molecule has 3 nitrogen and oxygen atoms in total. The zero-order valence-electron chi connectivity index (χ0n) is 12.3. The fourth-order valence-corrected chi connectivity index (χ4v) is 3.05. The molecule has 0 bridgehead atoms. The summed E-state index contributed by atoms with van der Waals surface area (Å²) in [5.41, 5.74) is 0.423. The second-order valence-electron chi connectivity index (χ2n) is 5.51. The van der Waals surface area contributed by atoms with E-state index in [1.54, 1.807) is 30.3 Å². The number of rotatable bonds is 3. The minimum Gasteiger partial charge on any atom is -0.389 e. The lowest BCUT2D eigenvalue weighted by molar-refractivity contribution is -0.141. The predicted molar refractivity (Wildman–Crippen MR) is 83.6 cm³/mol. The molecular weight excluding hydrogens is 324 g/mol. The van der Waals surface area contributed by atoms with Crippen LogP contribution in [0.1, 0.15) is 29.7 Å². The van der Waals surface area contributed by atoms with Gasteiger partial charge in [-0.15, -0.1) is 0 Å². The van der Waals surface area contributed by atoms with Crippen LogP contribution >= 0.6 is 11.6 Å². The molecule has 0 spiro atoms. The zero-order chi connectivity index (χ0) is 16.8. The van der Waals surface area contributed by atoms with Crippen LogP contribution in [0, 0.1) is 0 Å². The third-order valence-corrected chi connectivity index (χ3v) is 4.11. The van der Waals surface area contributed by atoms with E-state index in [0.29, 0.717) is 10.6 Å². The fourth-order valence-electron chi connectivity index (χ4n) is 2.83. The van der Waals surface area contributed by atoms with Crippen molar-refractivity contribution in [2.75, 3.05) is 4.90 Å². The molecule has 1 aliphatic rings. The van der Waals surface area contributed by atoms with Gasteiger partial charge in [0.1, 0.15) is 0 Å². The minimum atomic E-state index is -3.65. The van der Waals surface area contributed by atoms with Gasteiger partial charge in [-0.1, -0.05) is 35.9 Å². The molecule has 6 heteroatoms. The molecule has 1 amide bonds. The van der Waals surface area contributed by atoms with E-state index in [4.69, 9.17) is 11.6 Å². The van der Waals surface area contributed by atoms with Crippen molar-refractivity contribution in [2.45, 2.75) is 25.5 Å². The first kappa shape index (κ1) is 15.9. The molecule has 1 N–H and O–H groups in total. The molecule has 0 radical (unpaired) electrons. The average molecular weight is 338 g/mol. The summed E-state index contributed by atoms with van der Waals surface area (Å²) in [4.78, 5) is 13.2. The Morgan fingerprint density at radius 2 is 1.96 bits per heavy atom. The summed E-state index contributed by atoms with van der Waals surface area (Å²) in [6.07, 6.45) is -1.09. The van der Waals surface area contributed by atoms with Crippen LogP contribution in [0.3, 0.4) is 0 Å². The number of nitrogens with zero attached hydrogens (tertiary/aromatic N) is 1. The van der Waals surface area contributed by atoms with E-state index >= 15 is 0 Å². The summed E-state index contributed by atoms with van der Waals surface area (Å²) in [5.74, 6) is -4.94. The summed E-state index contributed by atoms with van der Waals surface area (Å²) in [6, 6.07) is 11.1. The highest BCUT2D eigenvalue weighted by atomic mass is 35.5. The lowest BCUT2D eigenvalue weighted by Crippen LogP contribution is -2.34. The lowest BCUT2D eigenvalue weighted by Gasteiger charge is -2.17. The largest absolute Gasteiger partial charge is 0.389 e. The van der Waals surface area contributed by atoms with Crippen molar-refractivity contribution in [2.24, 2.45) is 0 Å². The van der Waals surface area contributed by atoms with Gasteiger partial charge in [0.2, 0.25) is 0 Å². The smallest absolute Gasteiger partial charge is 0.352 e. The molecule has 0 aliphatic carbocycles. The number of hydrogen-bond acceptors (Lipinski definition) is 2. The van der Waals surface area contributed by atoms with Crippen LogP contribution in [0.15, 0.2) is 42.5 Å². The van der Waals surface area contributed by atoms with Crippen LogP contribution in [0.25, 0.3) is 0 Å². The molecule has 2 aromatic rings. The fraction of sp³-hybridized carbons (Fsp3) is 0.235. The molecule has 3 rings (SSSR count). The van der Waals surface area contributed by atoms with Gasteiger partial charge in [0.15, 0.2) is 0 Å². The monoisotopic (exact) mass is 337 g/mol. The molecule has 0 fully saturated rings. The lowest BCUT2D eigenvalue weighted by atomic mass is 9.98. The predicted octanol–water partition coefficient (Wildman–Crippen LogP) is 4.03. The van der Waals surface area contributed by atoms with E-state index in [1.165, 1.54) is 19.1 Å². The number of carbonyl (C=O) groups excluding carboxylic acids is 1. The molecule has 0 unspecified atom stereocenters. The topological polar surface area (TPSA) is 40.5 Å². The number of anilines is 1. The van der Waals surface area contributed by atoms with Gasteiger partial charge in [-0.3, -0.25) is 4.79 Å². The van der Waals surface area contributed by atoms with Crippen molar-refractivity contribution in [3.05, 3.63) is 64.2 Å². The van der Waals surface area contributed by atoms with Gasteiger partial charge in [0.05, 0.1) is 23.9 Å². The van der Waals surface area contributed by atoms with Crippen molar-refractivity contribution in [3.63, 3.8) is 0 Å². The zero-order valence-corrected chi connectivity index (χ0v) is 13.0. The number of hydrogen-bond donors (Lipinski definition) is 1. The summed E-state index contributed by atoms with van der Waals surface area (Å²) in [6.45, 7) is 1.39. The van der Waals surface area contributed by atoms with Crippen LogP contribution < -0.4 is 4.90 Å². The second kappa shape index (κ2) is 5.58. The minimum absolute atomic E-state index is 0.00868. The number of amides is 1. The third-order valence-electron chi connectivity index (χ3n) is 3.87. The van der Waals surface area contributed by atoms with Crippen LogP contribution in [0.4, 0.5) is 14.5 Å². The Labute approximate surface area is 137 Å². The molecule has 23 heavy (non-hydrogen) atoms. The van der Waals surface area contributed by atoms with E-state index in [9.17, 15) is 18.7 Å². The van der Waals surface area contributed by atoms with Crippen molar-refractivity contribution in [3.8, 4) is 0 Å². The molecule has 1 atom stereocenters. The quantitative estimate of drug-likeness (QED) is 0.918. The Hall–Kier alpha value is -1.98. The second-order valence-corrected chi connectivity index (χ2v) is 5.95.